The Morgan fingerprint density at radius 3 is 1.15 bits per heavy atom. The van der Waals surface area contributed by atoms with E-state index in [1.165, 1.54) is 16.3 Å². The fourth-order valence-corrected chi connectivity index (χ4v) is 9.40. The van der Waals surface area contributed by atoms with Crippen LogP contribution in [0.3, 0.4) is 0 Å². The Labute approximate surface area is 439 Å². The molecule has 0 saturated carbocycles. The molecular formula is C66H60N2O7. The summed E-state index contributed by atoms with van der Waals surface area (Å²) in [4.78, 5) is 27.7. The first-order valence-electron chi connectivity index (χ1n) is 25.1. The standard InChI is InChI=1S/C66H60N2O7/c1-7-63(69)74-41-13-39-72-55-35-29-50(30-36-55)68(51-31-37-56(38-32-51)73-40-14-42-75-64(70)8-2)53-26-22-47(5)62(44-53)66-60-18-12-10-16-58(60)57-15-9-11-17-59(57)65(66)61-43-52(25-21-46(61)4)67(48-23-19-45(3)20-24-48)49-27-33-54(71-6)34-28-49/h7-12,15-38,43-44H,1-2,13-14,39-42H2,3-6H3. The van der Waals surface area contributed by atoms with E-state index in [9.17, 15) is 9.59 Å². The number of ether oxygens (including phenoxy) is 5. The third-order valence-electron chi connectivity index (χ3n) is 13.2. The van der Waals surface area contributed by atoms with Crippen LogP contribution in [0.5, 0.6) is 17.2 Å². The molecule has 9 heteroatoms. The number of fused-ring (bicyclic) bond motifs is 3. The molecule has 9 rings (SSSR count). The lowest BCUT2D eigenvalue weighted by atomic mass is 9.82. The van der Waals surface area contributed by atoms with Gasteiger partial charge in [-0.15, -0.1) is 0 Å². The Morgan fingerprint density at radius 2 is 0.773 bits per heavy atom. The molecule has 0 radical (unpaired) electrons. The van der Waals surface area contributed by atoms with Crippen molar-refractivity contribution >= 4 is 67.6 Å². The predicted octanol–water partition coefficient (Wildman–Crippen LogP) is 16.2. The first-order chi connectivity index (χ1) is 36.6. The summed E-state index contributed by atoms with van der Waals surface area (Å²) in [6.07, 6.45) is 3.39. The van der Waals surface area contributed by atoms with Gasteiger partial charge in [-0.25, -0.2) is 9.59 Å². The Hall–Kier alpha value is -9.08. The number of benzene rings is 9. The first-order valence-corrected chi connectivity index (χ1v) is 25.1. The number of rotatable bonds is 21. The molecule has 9 nitrogen and oxygen atoms in total. The molecule has 0 aliphatic carbocycles. The summed E-state index contributed by atoms with van der Waals surface area (Å²) in [7, 11) is 1.69. The molecule has 75 heavy (non-hydrogen) atoms. The highest BCUT2D eigenvalue weighted by Gasteiger charge is 2.24. The normalized spacial score (nSPS) is 10.9. The number of hydrogen-bond acceptors (Lipinski definition) is 9. The topological polar surface area (TPSA) is 86.8 Å². The lowest BCUT2D eigenvalue weighted by Gasteiger charge is -2.28. The highest BCUT2D eigenvalue weighted by Crippen LogP contribution is 2.49. The molecule has 0 heterocycles. The molecule has 0 atom stereocenters. The number of nitrogens with zero attached hydrogens (tertiary/aromatic N) is 2. The summed E-state index contributed by atoms with van der Waals surface area (Å²) in [5.74, 6) is 1.27. The first kappa shape index (κ1) is 50.8. The molecule has 376 valence electrons. The second-order valence-corrected chi connectivity index (χ2v) is 18.2. The van der Waals surface area contributed by atoms with E-state index in [0.717, 1.165) is 96.2 Å². The number of esters is 2. The van der Waals surface area contributed by atoms with Gasteiger partial charge in [-0.05, 0) is 185 Å². The molecular weight excluding hydrogens is 933 g/mol. The number of carbonyl (C=O) groups is 2. The molecule has 0 spiro atoms. The van der Waals surface area contributed by atoms with E-state index < -0.39 is 11.9 Å². The highest BCUT2D eigenvalue weighted by atomic mass is 16.5. The van der Waals surface area contributed by atoms with Crippen LogP contribution in [0.15, 0.2) is 207 Å². The summed E-state index contributed by atoms with van der Waals surface area (Å²) in [6.45, 7) is 14.7. The second-order valence-electron chi connectivity index (χ2n) is 18.2. The third kappa shape index (κ3) is 11.6. The van der Waals surface area contributed by atoms with E-state index in [1.807, 2.05) is 36.4 Å². The average molecular weight is 993 g/mol. The Morgan fingerprint density at radius 1 is 0.427 bits per heavy atom. The fraction of sp³-hybridized carbons (Fsp3) is 0.152. The van der Waals surface area contributed by atoms with Gasteiger partial charge in [-0.1, -0.05) is 91.5 Å². The molecule has 9 aromatic rings. The van der Waals surface area contributed by atoms with Gasteiger partial charge in [0.15, 0.2) is 0 Å². The van der Waals surface area contributed by atoms with Gasteiger partial charge in [0.05, 0.1) is 33.5 Å². The van der Waals surface area contributed by atoms with Crippen LogP contribution in [0, 0.1) is 20.8 Å². The fourth-order valence-electron chi connectivity index (χ4n) is 9.40. The zero-order chi connectivity index (χ0) is 52.3. The van der Waals surface area contributed by atoms with E-state index in [2.05, 4.69) is 189 Å². The van der Waals surface area contributed by atoms with Crippen molar-refractivity contribution in [2.75, 3.05) is 43.3 Å². The van der Waals surface area contributed by atoms with E-state index in [-0.39, 0.29) is 13.2 Å². The van der Waals surface area contributed by atoms with Gasteiger partial charge in [0.1, 0.15) is 17.2 Å². The van der Waals surface area contributed by atoms with Crippen LogP contribution >= 0.6 is 0 Å². The molecule has 0 unspecified atom stereocenters. The molecule has 0 saturated heterocycles. The Balaban J connectivity index is 1.18. The minimum atomic E-state index is -0.454. The number of methoxy groups -OCH3 is 1. The van der Waals surface area contributed by atoms with Crippen molar-refractivity contribution in [3.05, 3.63) is 224 Å². The molecule has 0 fully saturated rings. The molecule has 0 aromatic heterocycles. The maximum atomic E-state index is 11.6. The molecule has 0 N–H and O–H groups in total. The number of aryl methyl sites for hydroxylation is 3. The van der Waals surface area contributed by atoms with Crippen LogP contribution in [-0.4, -0.2) is 45.5 Å². The van der Waals surface area contributed by atoms with Gasteiger partial charge in [-0.2, -0.15) is 0 Å². The zero-order valence-corrected chi connectivity index (χ0v) is 42.9. The summed E-state index contributed by atoms with van der Waals surface area (Å²) >= 11 is 0. The van der Waals surface area contributed by atoms with Crippen LogP contribution in [0.4, 0.5) is 34.1 Å². The predicted molar refractivity (Wildman–Crippen MR) is 305 cm³/mol. The van der Waals surface area contributed by atoms with E-state index >= 15 is 0 Å². The lowest BCUT2D eigenvalue weighted by molar-refractivity contribution is -0.138. The molecule has 0 aliphatic heterocycles. The highest BCUT2D eigenvalue weighted by molar-refractivity contribution is 6.22. The van der Waals surface area contributed by atoms with Crippen molar-refractivity contribution in [3.63, 3.8) is 0 Å². The van der Waals surface area contributed by atoms with E-state index in [1.54, 1.807) is 7.11 Å². The van der Waals surface area contributed by atoms with Gasteiger partial charge in [0, 0.05) is 59.1 Å². The van der Waals surface area contributed by atoms with E-state index in [0.29, 0.717) is 37.6 Å². The van der Waals surface area contributed by atoms with Crippen LogP contribution in [-0.2, 0) is 19.1 Å². The molecule has 9 aromatic carbocycles. The van der Waals surface area contributed by atoms with Crippen molar-refractivity contribution in [1.29, 1.82) is 0 Å². The number of anilines is 6. The SMILES string of the molecule is C=CC(=O)OCCCOc1ccc(N(c2ccc(OCCCOC(=O)C=C)cc2)c2ccc(C)c(-c3c(-c4cc(N(c5ccc(C)cc5)c5ccc(OC)cc5)ccc4C)c4ccccc4c4ccccc34)c2)cc1. The van der Waals surface area contributed by atoms with E-state index in [4.69, 9.17) is 23.7 Å². The van der Waals surface area contributed by atoms with Crippen molar-refractivity contribution in [2.45, 2.75) is 33.6 Å². The van der Waals surface area contributed by atoms with Crippen molar-refractivity contribution in [3.8, 4) is 39.5 Å². The number of hydrogen-bond donors (Lipinski definition) is 0. The second kappa shape index (κ2) is 23.6. The van der Waals surface area contributed by atoms with Gasteiger partial charge in [0.2, 0.25) is 0 Å². The minimum Gasteiger partial charge on any atom is -0.497 e. The molecule has 0 bridgehead atoms. The van der Waals surface area contributed by atoms with Crippen LogP contribution in [0.2, 0.25) is 0 Å². The number of carbonyl (C=O) groups excluding carboxylic acids is 2. The van der Waals surface area contributed by atoms with Crippen molar-refractivity contribution in [2.24, 2.45) is 0 Å². The van der Waals surface area contributed by atoms with Gasteiger partial charge < -0.3 is 33.5 Å². The maximum absolute atomic E-state index is 11.6. The largest absolute Gasteiger partial charge is 0.497 e. The molecule has 0 aliphatic rings. The summed E-state index contributed by atoms with van der Waals surface area (Å²) < 4.78 is 28.0. The van der Waals surface area contributed by atoms with Gasteiger partial charge in [-0.3, -0.25) is 0 Å². The summed E-state index contributed by atoms with van der Waals surface area (Å²) in [5, 5.41) is 4.65. The van der Waals surface area contributed by atoms with Gasteiger partial charge in [0.25, 0.3) is 0 Å². The summed E-state index contributed by atoms with van der Waals surface area (Å²) in [6, 6.07) is 63.9. The smallest absolute Gasteiger partial charge is 0.330 e. The Kier molecular flexibility index (Phi) is 16.0. The maximum Gasteiger partial charge on any atom is 0.330 e. The minimum absolute atomic E-state index is 0.240. The monoisotopic (exact) mass is 992 g/mol. The lowest BCUT2D eigenvalue weighted by Crippen LogP contribution is -2.11. The van der Waals surface area contributed by atoms with Crippen LogP contribution in [0.25, 0.3) is 43.8 Å². The van der Waals surface area contributed by atoms with Crippen molar-refractivity contribution in [1.82, 2.24) is 0 Å². The van der Waals surface area contributed by atoms with Crippen LogP contribution in [0.1, 0.15) is 29.5 Å². The third-order valence-corrected chi connectivity index (χ3v) is 13.2. The average Bonchev–Trinajstić information content (AvgIpc) is 3.45. The molecule has 0 amide bonds. The quantitative estimate of drug-likeness (QED) is 0.0302. The zero-order valence-electron chi connectivity index (χ0n) is 42.9. The van der Waals surface area contributed by atoms with Crippen LogP contribution < -0.4 is 24.0 Å². The summed E-state index contributed by atoms with van der Waals surface area (Å²) in [5.41, 5.74) is 13.8. The van der Waals surface area contributed by atoms with Crippen molar-refractivity contribution < 1.29 is 33.3 Å². The Bertz CT molecular complexity index is 3400. The van der Waals surface area contributed by atoms with Gasteiger partial charge >= 0.3 is 11.9 Å².